The molecule has 0 atom stereocenters. The van der Waals surface area contributed by atoms with Gasteiger partial charge in [0.15, 0.2) is 28.2 Å². The highest BCUT2D eigenvalue weighted by molar-refractivity contribution is 7.99. The van der Waals surface area contributed by atoms with Crippen LogP contribution in [0.5, 0.6) is 34.5 Å². The van der Waals surface area contributed by atoms with Crippen LogP contribution in [-0.4, -0.2) is 57.9 Å². The number of aromatic nitrogens is 2. The van der Waals surface area contributed by atoms with Crippen molar-refractivity contribution in [2.75, 3.05) is 47.9 Å². The molecule has 0 amide bonds. The lowest BCUT2D eigenvalue weighted by Gasteiger charge is -2.17. The van der Waals surface area contributed by atoms with Gasteiger partial charge in [-0.15, -0.1) is 0 Å². The Bertz CT molecular complexity index is 2020. The van der Waals surface area contributed by atoms with Gasteiger partial charge in [-0.05, 0) is 37.1 Å². The molecule has 0 aliphatic carbocycles. The molecular formula is C33H31N3O10S. The Kier molecular flexibility index (Phi) is 10.3. The van der Waals surface area contributed by atoms with Gasteiger partial charge in [0.25, 0.3) is 5.56 Å². The molecule has 0 fully saturated rings. The molecule has 0 radical (unpaired) electrons. The highest BCUT2D eigenvalue weighted by atomic mass is 32.2. The Labute approximate surface area is 272 Å². The van der Waals surface area contributed by atoms with Crippen LogP contribution >= 0.6 is 11.8 Å². The van der Waals surface area contributed by atoms with E-state index < -0.39 is 11.0 Å². The average molecular weight is 662 g/mol. The number of hydrogen-bond donors (Lipinski definition) is 1. The zero-order valence-corrected chi connectivity index (χ0v) is 27.1. The van der Waals surface area contributed by atoms with Crippen LogP contribution in [0.25, 0.3) is 33.7 Å². The third-order valence-electron chi connectivity index (χ3n) is 7.06. The summed E-state index contributed by atoms with van der Waals surface area (Å²) in [6.07, 6.45) is 2.64. The molecule has 244 valence electrons. The molecule has 47 heavy (non-hydrogen) atoms. The van der Waals surface area contributed by atoms with Crippen molar-refractivity contribution in [1.82, 2.24) is 9.97 Å². The Hall–Kier alpha value is -5.55. The minimum atomic E-state index is -0.546. The molecule has 1 N–H and O–H groups in total. The standard InChI is InChI=1S/C33H31N3O10S/c1-39-19-15-22(40-2)26-23(16-19)46-29(18-13-24(41-3)30(43-5)25(14-18)42-4)31(28(26)37)45-10-6-7-12-47-33-35-27(21-9-8-11-44-21)20(17-34)32(38)36-33/h8-9,11,13-16H,6-7,10,12H2,1-5H3,(H,35,36,38). The van der Waals surface area contributed by atoms with E-state index in [1.807, 2.05) is 6.07 Å². The van der Waals surface area contributed by atoms with Crippen LogP contribution in [0.1, 0.15) is 18.4 Å². The van der Waals surface area contributed by atoms with E-state index in [4.69, 9.17) is 37.3 Å². The highest BCUT2D eigenvalue weighted by Gasteiger charge is 2.24. The molecule has 0 saturated heterocycles. The van der Waals surface area contributed by atoms with Crippen molar-refractivity contribution in [1.29, 1.82) is 5.26 Å². The van der Waals surface area contributed by atoms with Gasteiger partial charge in [-0.25, -0.2) is 4.98 Å². The average Bonchev–Trinajstić information content (AvgIpc) is 3.64. The minimum Gasteiger partial charge on any atom is -0.496 e. The summed E-state index contributed by atoms with van der Waals surface area (Å²) in [5, 5.41) is 9.97. The zero-order chi connectivity index (χ0) is 33.5. The van der Waals surface area contributed by atoms with Crippen LogP contribution in [0.15, 0.2) is 66.2 Å². The molecule has 0 saturated carbocycles. The Morgan fingerprint density at radius 3 is 2.28 bits per heavy atom. The molecular weight excluding hydrogens is 630 g/mol. The van der Waals surface area contributed by atoms with Crippen molar-refractivity contribution in [3.8, 4) is 63.3 Å². The maximum Gasteiger partial charge on any atom is 0.270 e. The zero-order valence-electron chi connectivity index (χ0n) is 26.3. The first-order valence-electron chi connectivity index (χ1n) is 14.2. The third kappa shape index (κ3) is 6.70. The van der Waals surface area contributed by atoms with Gasteiger partial charge >= 0.3 is 0 Å². The van der Waals surface area contributed by atoms with Gasteiger partial charge < -0.3 is 42.2 Å². The van der Waals surface area contributed by atoms with E-state index in [0.717, 1.165) is 0 Å². The number of fused-ring (bicyclic) bond motifs is 1. The molecule has 3 heterocycles. The number of methoxy groups -OCH3 is 5. The molecule has 5 rings (SSSR count). The third-order valence-corrected chi connectivity index (χ3v) is 8.02. The second-order valence-corrected chi connectivity index (χ2v) is 10.9. The van der Waals surface area contributed by atoms with Crippen LogP contribution < -0.4 is 39.4 Å². The number of rotatable bonds is 14. The quantitative estimate of drug-likeness (QED) is 0.0879. The fraction of sp³-hybridized carbons (Fsp3) is 0.273. The number of nitriles is 1. The maximum atomic E-state index is 14.0. The number of benzene rings is 2. The lowest BCUT2D eigenvalue weighted by molar-refractivity contribution is 0.301. The van der Waals surface area contributed by atoms with E-state index in [1.165, 1.54) is 53.6 Å². The molecule has 14 heteroatoms. The molecule has 13 nitrogen and oxygen atoms in total. The van der Waals surface area contributed by atoms with Crippen molar-refractivity contribution in [2.24, 2.45) is 0 Å². The predicted molar refractivity (Wildman–Crippen MR) is 173 cm³/mol. The van der Waals surface area contributed by atoms with Crippen LogP contribution in [0, 0.1) is 11.3 Å². The molecule has 0 aliphatic rings. The topological polar surface area (TPSA) is 168 Å². The summed E-state index contributed by atoms with van der Waals surface area (Å²) in [6.45, 7) is 0.168. The Morgan fingerprint density at radius 2 is 1.66 bits per heavy atom. The summed E-state index contributed by atoms with van der Waals surface area (Å²) in [5.41, 5.74) is -0.234. The summed E-state index contributed by atoms with van der Waals surface area (Å²) >= 11 is 1.31. The second kappa shape index (κ2) is 14.7. The van der Waals surface area contributed by atoms with Gasteiger partial charge in [-0.3, -0.25) is 9.59 Å². The summed E-state index contributed by atoms with van der Waals surface area (Å²) in [5.74, 6) is 2.82. The van der Waals surface area contributed by atoms with Crippen molar-refractivity contribution in [3.63, 3.8) is 0 Å². The van der Waals surface area contributed by atoms with Crippen molar-refractivity contribution in [2.45, 2.75) is 18.0 Å². The van der Waals surface area contributed by atoms with Gasteiger partial charge in [0.1, 0.15) is 39.8 Å². The van der Waals surface area contributed by atoms with Gasteiger partial charge in [-0.2, -0.15) is 5.26 Å². The summed E-state index contributed by atoms with van der Waals surface area (Å²) in [4.78, 5) is 33.5. The summed E-state index contributed by atoms with van der Waals surface area (Å²) in [6, 6.07) is 11.7. The van der Waals surface area contributed by atoms with Gasteiger partial charge in [0, 0.05) is 23.4 Å². The number of nitrogens with zero attached hydrogens (tertiary/aromatic N) is 2. The number of unbranched alkanes of at least 4 members (excludes halogenated alkanes) is 1. The fourth-order valence-electron chi connectivity index (χ4n) is 4.82. The lowest BCUT2D eigenvalue weighted by atomic mass is 10.1. The molecule has 5 aromatic rings. The van der Waals surface area contributed by atoms with E-state index in [2.05, 4.69) is 9.97 Å². The number of thioether (sulfide) groups is 1. The molecule has 0 aliphatic heterocycles. The minimum absolute atomic E-state index is 0.0240. The fourth-order valence-corrected chi connectivity index (χ4v) is 5.68. The molecule has 0 bridgehead atoms. The van der Waals surface area contributed by atoms with E-state index in [0.29, 0.717) is 58.1 Å². The number of hydrogen-bond acceptors (Lipinski definition) is 13. The normalized spacial score (nSPS) is 10.8. The van der Waals surface area contributed by atoms with E-state index >= 15 is 0 Å². The monoisotopic (exact) mass is 661 g/mol. The van der Waals surface area contributed by atoms with Crippen molar-refractivity contribution in [3.05, 3.63) is 68.8 Å². The lowest BCUT2D eigenvalue weighted by Crippen LogP contribution is -2.14. The van der Waals surface area contributed by atoms with Crippen LogP contribution in [0.3, 0.4) is 0 Å². The number of H-pyrrole nitrogens is 1. The number of furan rings is 1. The second-order valence-electron chi connectivity index (χ2n) is 9.79. The largest absolute Gasteiger partial charge is 0.496 e. The summed E-state index contributed by atoms with van der Waals surface area (Å²) < 4.78 is 45.2. The molecule has 3 aromatic heterocycles. The SMILES string of the molecule is COc1cc(OC)c2c(=O)c(OCCCCSc3nc(-c4ccco4)c(C#N)c(=O)[nH]3)c(-c3cc(OC)c(OC)c(OC)c3)oc2c1. The number of ether oxygens (including phenoxy) is 6. The maximum absolute atomic E-state index is 14.0. The highest BCUT2D eigenvalue weighted by Crippen LogP contribution is 2.44. The Morgan fingerprint density at radius 1 is 0.915 bits per heavy atom. The van der Waals surface area contributed by atoms with E-state index in [9.17, 15) is 14.9 Å². The first-order valence-corrected chi connectivity index (χ1v) is 15.2. The van der Waals surface area contributed by atoms with Gasteiger partial charge in [0.2, 0.25) is 16.9 Å². The first kappa shape index (κ1) is 32.8. The van der Waals surface area contributed by atoms with Crippen LogP contribution in [0.4, 0.5) is 0 Å². The summed E-state index contributed by atoms with van der Waals surface area (Å²) in [7, 11) is 7.43. The molecule has 2 aromatic carbocycles. The van der Waals surface area contributed by atoms with E-state index in [-0.39, 0.29) is 46.1 Å². The van der Waals surface area contributed by atoms with Crippen molar-refractivity contribution < 1.29 is 37.3 Å². The van der Waals surface area contributed by atoms with Gasteiger partial charge in [0.05, 0.1) is 48.4 Å². The Balaban J connectivity index is 1.41. The number of aromatic amines is 1. The predicted octanol–water partition coefficient (Wildman–Crippen LogP) is 5.67. The van der Waals surface area contributed by atoms with E-state index in [1.54, 1.807) is 36.4 Å². The van der Waals surface area contributed by atoms with Gasteiger partial charge in [-0.1, -0.05) is 11.8 Å². The smallest absolute Gasteiger partial charge is 0.270 e. The van der Waals surface area contributed by atoms with Crippen LogP contribution in [0.2, 0.25) is 0 Å². The molecule has 0 unspecified atom stereocenters. The van der Waals surface area contributed by atoms with Crippen LogP contribution in [-0.2, 0) is 0 Å². The molecule has 0 spiro atoms. The van der Waals surface area contributed by atoms with Crippen molar-refractivity contribution >= 4 is 22.7 Å². The number of nitrogens with one attached hydrogen (secondary N) is 1. The first-order chi connectivity index (χ1) is 22.9.